The van der Waals surface area contributed by atoms with Gasteiger partial charge in [0.1, 0.15) is 0 Å². The Balaban J connectivity index is -0.00000128. The van der Waals surface area contributed by atoms with Crippen molar-refractivity contribution in [2.45, 2.75) is 12.5 Å². The molecule has 0 heterocycles. The van der Waals surface area contributed by atoms with E-state index in [9.17, 15) is 19.2 Å². The van der Waals surface area contributed by atoms with E-state index >= 15 is 0 Å². The molecule has 0 fully saturated rings. The second-order valence-electron chi connectivity index (χ2n) is 2.77. The molecule has 9 nitrogen and oxygen atoms in total. The van der Waals surface area contributed by atoms with Crippen LogP contribution in [0, 0.1) is 0 Å². The van der Waals surface area contributed by atoms with Crippen molar-refractivity contribution in [2.24, 2.45) is 11.5 Å². The first-order valence-corrected chi connectivity index (χ1v) is 4.47. The average molecular weight is 379 g/mol. The van der Waals surface area contributed by atoms with Gasteiger partial charge in [-0.2, -0.15) is 0 Å². The number of carbonyl (C=O) groups excluding carboxylic acids is 4. The maximum absolute atomic E-state index is 10.9. The molecule has 0 amide bonds. The summed E-state index contributed by atoms with van der Waals surface area (Å²) < 4.78 is 8.09. The Morgan fingerprint density at radius 2 is 1.32 bits per heavy atom. The van der Waals surface area contributed by atoms with Crippen molar-refractivity contribution < 1.29 is 72.7 Å². The number of ether oxygens (including phenoxy) is 2. The van der Waals surface area contributed by atoms with Crippen molar-refractivity contribution in [3.05, 3.63) is 0 Å². The predicted octanol–water partition coefficient (Wildman–Crippen LogP) is -3.21. The van der Waals surface area contributed by atoms with Crippen molar-refractivity contribution in [1.29, 1.82) is 0 Å². The zero-order chi connectivity index (χ0) is 13.4. The van der Waals surface area contributed by atoms with Gasteiger partial charge in [0.2, 0.25) is 0 Å². The summed E-state index contributed by atoms with van der Waals surface area (Å²) >= 11 is 0. The summed E-state index contributed by atoms with van der Waals surface area (Å²) in [5, 5.41) is 9.11. The van der Waals surface area contributed by atoms with Gasteiger partial charge in [-0.25, -0.2) is 4.79 Å². The van der Waals surface area contributed by atoms with Crippen molar-refractivity contribution in [1.82, 2.24) is 0 Å². The molecule has 100 valence electrons. The van der Waals surface area contributed by atoms with Crippen molar-refractivity contribution in [2.75, 3.05) is 13.1 Å². The van der Waals surface area contributed by atoms with Crippen LogP contribution in [0.3, 0.4) is 0 Å². The number of aliphatic hydroxyl groups excluding tert-OH is 1. The summed E-state index contributed by atoms with van der Waals surface area (Å²) in [6.07, 6.45) is -2.74. The molecule has 0 radical (unpaired) electrons. The van der Waals surface area contributed by atoms with Crippen LogP contribution in [0.4, 0.5) is 0 Å². The first kappa shape index (κ1) is 23.5. The number of aliphatic hydroxyl groups is 1. The minimum absolute atomic E-state index is 0. The third-order valence-electron chi connectivity index (χ3n) is 1.41. The molecular formula is C8H12N2O7Zn2. The molecule has 0 saturated carbocycles. The maximum atomic E-state index is 10.9. The van der Waals surface area contributed by atoms with Gasteiger partial charge in [-0.3, -0.25) is 14.4 Å². The molecule has 1 unspecified atom stereocenters. The van der Waals surface area contributed by atoms with Gasteiger partial charge < -0.3 is 26.0 Å². The summed E-state index contributed by atoms with van der Waals surface area (Å²) in [4.78, 5) is 43.0. The van der Waals surface area contributed by atoms with Crippen LogP contribution >= 0.6 is 0 Å². The summed E-state index contributed by atoms with van der Waals surface area (Å²) in [5.74, 6) is -4.57. The number of nitrogens with two attached hydrogens (primary N) is 2. The van der Waals surface area contributed by atoms with Crippen LogP contribution in [-0.4, -0.2) is 48.2 Å². The first-order chi connectivity index (χ1) is 7.90. The fourth-order valence-electron chi connectivity index (χ4n) is 0.673. The van der Waals surface area contributed by atoms with Gasteiger partial charge in [0.25, 0.3) is 0 Å². The van der Waals surface area contributed by atoms with E-state index in [4.69, 9.17) is 16.6 Å². The molecule has 0 aliphatic rings. The Kier molecular flexibility index (Phi) is 15.4. The van der Waals surface area contributed by atoms with Crippen LogP contribution in [0.5, 0.6) is 0 Å². The molecule has 1 atom stereocenters. The average Bonchev–Trinajstić information content (AvgIpc) is 2.28. The van der Waals surface area contributed by atoms with Gasteiger partial charge in [0, 0.05) is 39.0 Å². The Morgan fingerprint density at radius 1 is 0.895 bits per heavy atom. The van der Waals surface area contributed by atoms with Crippen LogP contribution in [0.1, 0.15) is 6.42 Å². The Morgan fingerprint density at radius 3 is 1.74 bits per heavy atom. The van der Waals surface area contributed by atoms with Gasteiger partial charge in [-0.05, 0) is 0 Å². The largest absolute Gasteiger partial charge is 0.392 e. The predicted molar refractivity (Wildman–Crippen MR) is 50.9 cm³/mol. The molecule has 0 rings (SSSR count). The molecule has 0 aliphatic heterocycles. The second-order valence-corrected chi connectivity index (χ2v) is 2.77. The van der Waals surface area contributed by atoms with E-state index in [1.807, 2.05) is 0 Å². The number of esters is 4. The van der Waals surface area contributed by atoms with Gasteiger partial charge in [0.05, 0.1) is 19.5 Å². The monoisotopic (exact) mass is 376 g/mol. The normalized spacial score (nSPS) is 10.3. The molecule has 0 aromatic heterocycles. The zero-order valence-electron chi connectivity index (χ0n) is 10.2. The van der Waals surface area contributed by atoms with E-state index < -0.39 is 49.5 Å². The first-order valence-electron chi connectivity index (χ1n) is 4.47. The summed E-state index contributed by atoms with van der Waals surface area (Å²) in [6.45, 7) is -1.06. The summed E-state index contributed by atoms with van der Waals surface area (Å²) in [6, 6.07) is 0. The van der Waals surface area contributed by atoms with Gasteiger partial charge in [-0.1, -0.05) is 0 Å². The van der Waals surface area contributed by atoms with E-state index in [-0.39, 0.29) is 39.0 Å². The van der Waals surface area contributed by atoms with Gasteiger partial charge >= 0.3 is 23.9 Å². The molecule has 0 saturated heterocycles. The Labute approximate surface area is 133 Å². The molecule has 0 aromatic rings. The summed E-state index contributed by atoms with van der Waals surface area (Å²) in [5.41, 5.74) is 9.70. The van der Waals surface area contributed by atoms with Crippen LogP contribution in [0.25, 0.3) is 0 Å². The summed E-state index contributed by atoms with van der Waals surface area (Å²) in [7, 11) is 0. The molecule has 11 heteroatoms. The minimum Gasteiger partial charge on any atom is -0.392 e. The fourth-order valence-corrected chi connectivity index (χ4v) is 0.673. The smallest absolute Gasteiger partial charge is 0.343 e. The van der Waals surface area contributed by atoms with Crippen molar-refractivity contribution in [3.8, 4) is 0 Å². The van der Waals surface area contributed by atoms with Crippen LogP contribution < -0.4 is 11.5 Å². The van der Waals surface area contributed by atoms with Crippen molar-refractivity contribution in [3.63, 3.8) is 0 Å². The van der Waals surface area contributed by atoms with E-state index in [1.165, 1.54) is 0 Å². The molecule has 19 heavy (non-hydrogen) atoms. The van der Waals surface area contributed by atoms with E-state index in [0.717, 1.165) is 0 Å². The molecule has 0 aromatic carbocycles. The quantitative estimate of drug-likeness (QED) is 0.254. The maximum Gasteiger partial charge on any atom is 0.343 e. The van der Waals surface area contributed by atoms with Gasteiger partial charge in [0.15, 0.2) is 6.10 Å². The Hall–Kier alpha value is -0.593. The number of hydrogen-bond acceptors (Lipinski definition) is 9. The molecule has 0 aliphatic carbocycles. The number of carbonyl (C=O) groups is 4. The van der Waals surface area contributed by atoms with E-state index in [0.29, 0.717) is 0 Å². The zero-order valence-corrected chi connectivity index (χ0v) is 16.1. The van der Waals surface area contributed by atoms with Crippen molar-refractivity contribution >= 4 is 23.9 Å². The van der Waals surface area contributed by atoms with E-state index in [1.54, 1.807) is 0 Å². The van der Waals surface area contributed by atoms with Crippen LogP contribution in [0.15, 0.2) is 0 Å². The molecular weight excluding hydrogens is 367 g/mol. The Bertz CT molecular complexity index is 337. The molecule has 5 N–H and O–H groups in total. The van der Waals surface area contributed by atoms with Crippen LogP contribution in [0.2, 0.25) is 0 Å². The van der Waals surface area contributed by atoms with Crippen LogP contribution in [-0.2, 0) is 67.6 Å². The topological polar surface area (TPSA) is 159 Å². The SMILES string of the molecule is NCC(=O)OC(=O)CC(O)C(=O)OC(=O)CN.[Zn].[Zn]. The third-order valence-corrected chi connectivity index (χ3v) is 1.41. The second kappa shape index (κ2) is 12.4. The van der Waals surface area contributed by atoms with E-state index in [2.05, 4.69) is 9.47 Å². The molecule has 0 bridgehead atoms. The number of hydrogen-bond donors (Lipinski definition) is 3. The molecule has 0 spiro atoms. The number of rotatable bonds is 5. The standard InChI is InChI=1S/C8H12N2O7.2Zn/c9-2-6(13)16-5(12)1-4(11)8(15)17-7(14)3-10;;/h4,11H,1-3,9-10H2;;. The minimum atomic E-state index is -1.91. The fraction of sp³-hybridized carbons (Fsp3) is 0.500. The third kappa shape index (κ3) is 11.0. The van der Waals surface area contributed by atoms with Gasteiger partial charge in [-0.15, -0.1) is 0 Å².